The molecule has 2 aliphatic rings. The second-order valence-corrected chi connectivity index (χ2v) is 7.50. The number of hydrogen-bond acceptors (Lipinski definition) is 6. The van der Waals surface area contributed by atoms with Crippen molar-refractivity contribution in [1.82, 2.24) is 0 Å². The van der Waals surface area contributed by atoms with E-state index in [1.165, 1.54) is 47.5 Å². The average molecular weight is 433 g/mol. The highest BCUT2D eigenvalue weighted by Crippen LogP contribution is 2.47. The van der Waals surface area contributed by atoms with E-state index in [2.05, 4.69) is 0 Å². The molecule has 0 aromatic heterocycles. The summed E-state index contributed by atoms with van der Waals surface area (Å²) in [6.45, 7) is 0. The zero-order valence-corrected chi connectivity index (χ0v) is 16.5. The first-order valence-electron chi connectivity index (χ1n) is 9.84. The van der Waals surface area contributed by atoms with Gasteiger partial charge in [0, 0.05) is 12.1 Å². The smallest absolute Gasteiger partial charge is 0.269 e. The molecule has 3 atom stereocenters. The number of hydroxylamine groups is 1. The number of nitro benzene ring substituents is 1. The van der Waals surface area contributed by atoms with Crippen molar-refractivity contribution in [3.8, 4) is 0 Å². The maximum atomic E-state index is 13.4. The van der Waals surface area contributed by atoms with Crippen LogP contribution in [0.2, 0.25) is 0 Å². The van der Waals surface area contributed by atoms with Crippen molar-refractivity contribution in [1.29, 1.82) is 0 Å². The van der Waals surface area contributed by atoms with Gasteiger partial charge in [-0.1, -0.05) is 30.3 Å². The Labute approximate surface area is 181 Å². The minimum Gasteiger partial charge on any atom is -0.273 e. The van der Waals surface area contributed by atoms with Crippen LogP contribution in [0.3, 0.4) is 0 Å². The molecule has 9 heteroatoms. The van der Waals surface area contributed by atoms with Crippen molar-refractivity contribution < 1.29 is 23.7 Å². The lowest BCUT2D eigenvalue weighted by Crippen LogP contribution is -2.37. The van der Waals surface area contributed by atoms with Gasteiger partial charge in [0.1, 0.15) is 11.7 Å². The Morgan fingerprint density at radius 2 is 1.59 bits per heavy atom. The van der Waals surface area contributed by atoms with Crippen LogP contribution >= 0.6 is 0 Å². The fraction of sp³-hybridized carbons (Fsp3) is 0.130. The first-order chi connectivity index (χ1) is 15.5. The van der Waals surface area contributed by atoms with Gasteiger partial charge < -0.3 is 0 Å². The highest BCUT2D eigenvalue weighted by molar-refractivity contribution is 6.23. The molecule has 0 aliphatic carbocycles. The standard InChI is InChI=1S/C23H16FN3O5/c24-15-9-11-16(12-10-15)25-22(28)19-20(14-5-4-8-18(13-14)27(30)31)26(32-21(19)23(25)29)17-6-2-1-3-7-17/h1-13,19-21H/t19-,20-,21-/m1/s1. The van der Waals surface area contributed by atoms with Gasteiger partial charge in [-0.15, -0.1) is 0 Å². The summed E-state index contributed by atoms with van der Waals surface area (Å²) in [7, 11) is 0. The number of fused-ring (bicyclic) bond motifs is 1. The van der Waals surface area contributed by atoms with Crippen molar-refractivity contribution in [3.05, 3.63) is 100 Å². The molecule has 5 rings (SSSR count). The lowest BCUT2D eigenvalue weighted by molar-refractivity contribution is -0.384. The molecule has 2 heterocycles. The van der Waals surface area contributed by atoms with Gasteiger partial charge in [-0.2, -0.15) is 0 Å². The average Bonchev–Trinajstić information content (AvgIpc) is 3.31. The minimum absolute atomic E-state index is 0.133. The van der Waals surface area contributed by atoms with Gasteiger partial charge >= 0.3 is 0 Å². The lowest BCUT2D eigenvalue weighted by atomic mass is 9.90. The Balaban J connectivity index is 1.60. The molecule has 2 saturated heterocycles. The first kappa shape index (κ1) is 19.8. The van der Waals surface area contributed by atoms with Crippen LogP contribution in [0.25, 0.3) is 0 Å². The van der Waals surface area contributed by atoms with Crippen LogP contribution in [-0.4, -0.2) is 22.8 Å². The van der Waals surface area contributed by atoms with Gasteiger partial charge in [-0.25, -0.2) is 14.4 Å². The summed E-state index contributed by atoms with van der Waals surface area (Å²) in [4.78, 5) is 44.4. The summed E-state index contributed by atoms with van der Waals surface area (Å²) in [5.74, 6) is -2.51. The van der Waals surface area contributed by atoms with E-state index in [9.17, 15) is 24.1 Å². The second-order valence-electron chi connectivity index (χ2n) is 7.50. The number of amides is 2. The summed E-state index contributed by atoms with van der Waals surface area (Å²) < 4.78 is 13.3. The number of nitro groups is 1. The molecular weight excluding hydrogens is 417 g/mol. The molecule has 2 fully saturated rings. The Bertz CT molecular complexity index is 1220. The zero-order chi connectivity index (χ0) is 22.4. The van der Waals surface area contributed by atoms with Crippen molar-refractivity contribution in [2.45, 2.75) is 12.1 Å². The van der Waals surface area contributed by atoms with Crippen LogP contribution in [0, 0.1) is 21.8 Å². The summed E-state index contributed by atoms with van der Waals surface area (Å²) in [5.41, 5.74) is 1.18. The van der Waals surface area contributed by atoms with Crippen LogP contribution in [0.1, 0.15) is 11.6 Å². The molecule has 2 amide bonds. The van der Waals surface area contributed by atoms with Gasteiger partial charge in [-0.05, 0) is 42.0 Å². The molecule has 0 bridgehead atoms. The number of carbonyl (C=O) groups is 2. The zero-order valence-electron chi connectivity index (χ0n) is 16.5. The van der Waals surface area contributed by atoms with Crippen LogP contribution < -0.4 is 9.96 Å². The number of rotatable bonds is 4. The molecule has 32 heavy (non-hydrogen) atoms. The topological polar surface area (TPSA) is 93.0 Å². The Hall–Kier alpha value is -4.11. The molecule has 0 N–H and O–H groups in total. The van der Waals surface area contributed by atoms with E-state index in [0.717, 1.165) is 4.90 Å². The van der Waals surface area contributed by atoms with Gasteiger partial charge in [0.15, 0.2) is 6.10 Å². The third kappa shape index (κ3) is 3.10. The molecule has 8 nitrogen and oxygen atoms in total. The predicted molar refractivity (Wildman–Crippen MR) is 112 cm³/mol. The summed E-state index contributed by atoms with van der Waals surface area (Å²) >= 11 is 0. The number of imide groups is 1. The molecule has 0 spiro atoms. The van der Waals surface area contributed by atoms with Crippen LogP contribution in [0.15, 0.2) is 78.9 Å². The quantitative estimate of drug-likeness (QED) is 0.353. The number of nitrogens with zero attached hydrogens (tertiary/aromatic N) is 3. The van der Waals surface area contributed by atoms with Crippen molar-refractivity contribution in [2.24, 2.45) is 5.92 Å². The van der Waals surface area contributed by atoms with Crippen molar-refractivity contribution >= 4 is 28.9 Å². The van der Waals surface area contributed by atoms with Crippen molar-refractivity contribution in [2.75, 3.05) is 9.96 Å². The summed E-state index contributed by atoms with van der Waals surface area (Å²) in [6.07, 6.45) is -1.11. The maximum Gasteiger partial charge on any atom is 0.269 e. The molecule has 160 valence electrons. The molecular formula is C23H16FN3O5. The highest BCUT2D eigenvalue weighted by Gasteiger charge is 2.60. The van der Waals surface area contributed by atoms with E-state index in [1.54, 1.807) is 30.3 Å². The molecule has 0 saturated carbocycles. The number of para-hydroxylation sites is 1. The number of carbonyl (C=O) groups excluding carboxylic acids is 2. The summed E-state index contributed by atoms with van der Waals surface area (Å²) in [5, 5.41) is 12.8. The molecule has 0 unspecified atom stereocenters. The van der Waals surface area contributed by atoms with E-state index < -0.39 is 40.6 Å². The van der Waals surface area contributed by atoms with Crippen molar-refractivity contribution in [3.63, 3.8) is 0 Å². The summed E-state index contributed by atoms with van der Waals surface area (Å²) in [6, 6.07) is 19.1. The third-order valence-corrected chi connectivity index (χ3v) is 5.63. The predicted octanol–water partition coefficient (Wildman–Crippen LogP) is 3.79. The highest BCUT2D eigenvalue weighted by atomic mass is 19.1. The van der Waals surface area contributed by atoms with Crippen LogP contribution in [-0.2, 0) is 14.4 Å². The molecule has 3 aromatic rings. The van der Waals surface area contributed by atoms with Gasteiger partial charge in [-0.3, -0.25) is 24.5 Å². The SMILES string of the molecule is O=C1[C@@H]2[C@@H](c3cccc([N+](=O)[O-])c3)N(c3ccccc3)O[C@H]2C(=O)N1c1ccc(F)cc1. The minimum atomic E-state index is -1.11. The molecule has 2 aliphatic heterocycles. The normalized spacial score (nSPS) is 22.3. The van der Waals surface area contributed by atoms with Crippen LogP contribution in [0.4, 0.5) is 21.5 Å². The van der Waals surface area contributed by atoms with Gasteiger partial charge in [0.05, 0.1) is 22.3 Å². The fourth-order valence-corrected chi connectivity index (χ4v) is 4.22. The van der Waals surface area contributed by atoms with E-state index in [0.29, 0.717) is 11.3 Å². The number of non-ortho nitro benzene ring substituents is 1. The molecule has 0 radical (unpaired) electrons. The third-order valence-electron chi connectivity index (χ3n) is 5.63. The maximum absolute atomic E-state index is 13.4. The Morgan fingerprint density at radius 3 is 2.28 bits per heavy atom. The van der Waals surface area contributed by atoms with Crippen LogP contribution in [0.5, 0.6) is 0 Å². The first-order valence-corrected chi connectivity index (χ1v) is 9.84. The fourth-order valence-electron chi connectivity index (χ4n) is 4.22. The lowest BCUT2D eigenvalue weighted by Gasteiger charge is -2.28. The Morgan fingerprint density at radius 1 is 0.875 bits per heavy atom. The van der Waals surface area contributed by atoms with E-state index in [1.807, 2.05) is 6.07 Å². The van der Waals surface area contributed by atoms with E-state index in [-0.39, 0.29) is 11.4 Å². The number of hydrogen-bond donors (Lipinski definition) is 0. The molecule has 3 aromatic carbocycles. The number of benzene rings is 3. The van der Waals surface area contributed by atoms with Gasteiger partial charge in [0.25, 0.3) is 11.6 Å². The second kappa shape index (κ2) is 7.54. The van der Waals surface area contributed by atoms with E-state index >= 15 is 0 Å². The Kier molecular flexibility index (Phi) is 4.67. The largest absolute Gasteiger partial charge is 0.273 e. The monoisotopic (exact) mass is 433 g/mol. The number of halogens is 1. The van der Waals surface area contributed by atoms with E-state index in [4.69, 9.17) is 4.84 Å². The number of anilines is 2. The van der Waals surface area contributed by atoms with Gasteiger partial charge in [0.2, 0.25) is 5.91 Å².